The van der Waals surface area contributed by atoms with Gasteiger partial charge in [0.1, 0.15) is 11.6 Å². The third-order valence-electron chi connectivity index (χ3n) is 2.51. The first-order valence-electron chi connectivity index (χ1n) is 5.54. The summed E-state index contributed by atoms with van der Waals surface area (Å²) in [5, 5.41) is 0.323. The molecule has 2 aromatic carbocycles. The summed E-state index contributed by atoms with van der Waals surface area (Å²) < 4.78 is 19.1. The van der Waals surface area contributed by atoms with Crippen molar-refractivity contribution >= 4 is 44.9 Å². The van der Waals surface area contributed by atoms with Crippen LogP contribution in [0.25, 0.3) is 0 Å². The first-order chi connectivity index (χ1) is 9.49. The van der Waals surface area contributed by atoms with Crippen molar-refractivity contribution in [1.29, 1.82) is 0 Å². The fourth-order valence-electron chi connectivity index (χ4n) is 1.52. The Morgan fingerprint density at radius 1 is 1.20 bits per heavy atom. The van der Waals surface area contributed by atoms with Gasteiger partial charge in [-0.1, -0.05) is 35.3 Å². The van der Waals surface area contributed by atoms with Gasteiger partial charge in [0.2, 0.25) is 5.78 Å². The maximum absolute atomic E-state index is 13.3. The molecule has 2 rings (SSSR count). The van der Waals surface area contributed by atoms with Crippen LogP contribution in [-0.4, -0.2) is 12.4 Å². The Morgan fingerprint density at radius 2 is 1.90 bits per heavy atom. The van der Waals surface area contributed by atoms with Gasteiger partial charge >= 0.3 is 0 Å². The number of carbonyl (C=O) groups is 1. The van der Waals surface area contributed by atoms with Crippen LogP contribution in [0.3, 0.4) is 0 Å². The third kappa shape index (κ3) is 3.51. The lowest BCUT2D eigenvalue weighted by atomic mass is 10.1. The molecule has 2 aromatic rings. The molecule has 0 aliphatic rings. The summed E-state index contributed by atoms with van der Waals surface area (Å²) >= 11 is 14.7. The first kappa shape index (κ1) is 15.3. The van der Waals surface area contributed by atoms with Crippen LogP contribution in [0.4, 0.5) is 4.39 Å². The van der Waals surface area contributed by atoms with Crippen molar-refractivity contribution in [2.24, 2.45) is 0 Å². The van der Waals surface area contributed by atoms with E-state index in [2.05, 4.69) is 15.9 Å². The minimum absolute atomic E-state index is 0.0262. The standard InChI is InChI=1S/C14H8BrCl2FO2/c15-9-5-11(17)12(18)6-14(9)20-7-13(19)8-3-1-2-4-10(8)16/h1-6H,7H2. The minimum atomic E-state index is -0.616. The number of hydrogen-bond acceptors (Lipinski definition) is 2. The largest absolute Gasteiger partial charge is 0.484 e. The maximum Gasteiger partial charge on any atom is 0.201 e. The van der Waals surface area contributed by atoms with E-state index in [1.807, 2.05) is 0 Å². The van der Waals surface area contributed by atoms with E-state index in [-0.39, 0.29) is 23.2 Å². The predicted molar refractivity (Wildman–Crippen MR) is 80.4 cm³/mol. The lowest BCUT2D eigenvalue weighted by Crippen LogP contribution is -2.12. The molecule has 0 amide bonds. The van der Waals surface area contributed by atoms with E-state index in [4.69, 9.17) is 27.9 Å². The topological polar surface area (TPSA) is 26.3 Å². The van der Waals surface area contributed by atoms with Gasteiger partial charge in [-0.25, -0.2) is 4.39 Å². The second-order valence-corrected chi connectivity index (χ2v) is 5.56. The van der Waals surface area contributed by atoms with Crippen LogP contribution in [0.1, 0.15) is 10.4 Å². The molecular formula is C14H8BrCl2FO2. The summed E-state index contributed by atoms with van der Waals surface area (Å²) in [7, 11) is 0. The highest BCUT2D eigenvalue weighted by Gasteiger charge is 2.13. The molecule has 2 nitrogen and oxygen atoms in total. The average molecular weight is 378 g/mol. The third-order valence-corrected chi connectivity index (χ3v) is 3.75. The van der Waals surface area contributed by atoms with Gasteiger partial charge in [0.05, 0.1) is 14.5 Å². The Balaban J connectivity index is 2.12. The van der Waals surface area contributed by atoms with Crippen LogP contribution >= 0.6 is 39.1 Å². The number of rotatable bonds is 4. The van der Waals surface area contributed by atoms with Gasteiger partial charge in [0.25, 0.3) is 0 Å². The summed E-state index contributed by atoms with van der Waals surface area (Å²) in [5.41, 5.74) is 0.361. The smallest absolute Gasteiger partial charge is 0.201 e. The second kappa shape index (κ2) is 6.57. The van der Waals surface area contributed by atoms with Gasteiger partial charge in [0.15, 0.2) is 6.61 Å². The number of ether oxygens (including phenoxy) is 1. The average Bonchev–Trinajstić information content (AvgIpc) is 2.41. The van der Waals surface area contributed by atoms with Gasteiger partial charge < -0.3 is 4.74 Å². The molecule has 0 N–H and O–H groups in total. The first-order valence-corrected chi connectivity index (χ1v) is 7.09. The van der Waals surface area contributed by atoms with E-state index in [9.17, 15) is 9.18 Å². The number of carbonyl (C=O) groups excluding carboxylic acids is 1. The maximum atomic E-state index is 13.3. The van der Waals surface area contributed by atoms with Crippen molar-refractivity contribution in [2.75, 3.05) is 6.61 Å². The van der Waals surface area contributed by atoms with Gasteiger partial charge in [0, 0.05) is 11.6 Å². The van der Waals surface area contributed by atoms with Crippen molar-refractivity contribution in [3.63, 3.8) is 0 Å². The monoisotopic (exact) mass is 376 g/mol. The molecular weight excluding hydrogens is 370 g/mol. The normalized spacial score (nSPS) is 10.4. The van der Waals surface area contributed by atoms with E-state index in [1.165, 1.54) is 6.07 Å². The Kier molecular flexibility index (Phi) is 5.02. The van der Waals surface area contributed by atoms with E-state index in [0.717, 1.165) is 6.07 Å². The Morgan fingerprint density at radius 3 is 2.60 bits per heavy atom. The van der Waals surface area contributed by atoms with E-state index >= 15 is 0 Å². The van der Waals surface area contributed by atoms with Crippen molar-refractivity contribution < 1.29 is 13.9 Å². The van der Waals surface area contributed by atoms with Crippen LogP contribution in [0.15, 0.2) is 40.9 Å². The molecule has 0 unspecified atom stereocenters. The van der Waals surface area contributed by atoms with Crippen LogP contribution in [0, 0.1) is 5.82 Å². The van der Waals surface area contributed by atoms with E-state index in [0.29, 0.717) is 15.1 Å². The zero-order chi connectivity index (χ0) is 14.7. The number of hydrogen-bond donors (Lipinski definition) is 0. The number of halogens is 4. The van der Waals surface area contributed by atoms with Crippen LogP contribution in [0.5, 0.6) is 5.75 Å². The highest BCUT2D eigenvalue weighted by Crippen LogP contribution is 2.30. The fraction of sp³-hybridized carbons (Fsp3) is 0.0714. The molecule has 0 aliphatic carbocycles. The quantitative estimate of drug-likeness (QED) is 0.543. The summed E-state index contributed by atoms with van der Waals surface area (Å²) in [5.74, 6) is -0.708. The van der Waals surface area contributed by atoms with Crippen molar-refractivity contribution in [3.05, 3.63) is 62.3 Å². The van der Waals surface area contributed by atoms with Crippen LogP contribution in [-0.2, 0) is 0 Å². The van der Waals surface area contributed by atoms with Crippen molar-refractivity contribution in [1.82, 2.24) is 0 Å². The zero-order valence-corrected chi connectivity index (χ0v) is 13.1. The minimum Gasteiger partial charge on any atom is -0.484 e. The molecule has 104 valence electrons. The van der Waals surface area contributed by atoms with E-state index < -0.39 is 5.82 Å². The molecule has 0 fully saturated rings. The molecule has 0 spiro atoms. The lowest BCUT2D eigenvalue weighted by Gasteiger charge is -2.09. The molecule has 20 heavy (non-hydrogen) atoms. The molecule has 0 aliphatic heterocycles. The molecule has 0 radical (unpaired) electrons. The fourth-order valence-corrected chi connectivity index (χ4v) is 2.52. The molecule has 0 heterocycles. The van der Waals surface area contributed by atoms with Crippen LogP contribution in [0.2, 0.25) is 10.0 Å². The van der Waals surface area contributed by atoms with Gasteiger partial charge in [-0.15, -0.1) is 0 Å². The highest BCUT2D eigenvalue weighted by atomic mass is 79.9. The SMILES string of the molecule is O=C(COc1cc(F)c(Cl)cc1Br)c1ccccc1Cl. The molecule has 0 saturated carbocycles. The summed E-state index contributed by atoms with van der Waals surface area (Å²) in [4.78, 5) is 12.0. The van der Waals surface area contributed by atoms with Gasteiger partial charge in [-0.2, -0.15) is 0 Å². The number of ketones is 1. The highest BCUT2D eigenvalue weighted by molar-refractivity contribution is 9.10. The Bertz CT molecular complexity index is 662. The summed E-state index contributed by atoms with van der Waals surface area (Å²) in [6, 6.07) is 9.14. The molecule has 0 aromatic heterocycles. The molecule has 6 heteroatoms. The van der Waals surface area contributed by atoms with Gasteiger partial charge in [-0.3, -0.25) is 4.79 Å². The second-order valence-electron chi connectivity index (χ2n) is 3.89. The van der Waals surface area contributed by atoms with E-state index in [1.54, 1.807) is 24.3 Å². The lowest BCUT2D eigenvalue weighted by molar-refractivity contribution is 0.0921. The summed E-state index contributed by atoms with van der Waals surface area (Å²) in [6.45, 7) is -0.247. The predicted octanol–water partition coefficient (Wildman–Crippen LogP) is 5.16. The van der Waals surface area contributed by atoms with Crippen LogP contribution < -0.4 is 4.74 Å². The number of benzene rings is 2. The molecule has 0 saturated heterocycles. The molecule has 0 atom stereocenters. The number of Topliss-reactive ketones (excluding diaryl/α,β-unsaturated/α-hetero) is 1. The summed E-state index contributed by atoms with van der Waals surface area (Å²) in [6.07, 6.45) is 0. The Labute approximate surface area is 133 Å². The Hall–Kier alpha value is -1.10. The molecule has 0 bridgehead atoms. The van der Waals surface area contributed by atoms with Crippen molar-refractivity contribution in [3.8, 4) is 5.75 Å². The zero-order valence-electron chi connectivity index (χ0n) is 10.00. The van der Waals surface area contributed by atoms with Gasteiger partial charge in [-0.05, 0) is 34.1 Å². The van der Waals surface area contributed by atoms with Crippen molar-refractivity contribution in [2.45, 2.75) is 0 Å².